The Morgan fingerprint density at radius 1 is 0.865 bits per heavy atom. The molecule has 0 aromatic carbocycles. The largest absolute Gasteiger partial charge is 0.394 e. The first kappa shape index (κ1) is 28.3. The van der Waals surface area contributed by atoms with Gasteiger partial charge in [-0.1, -0.05) is 53.9 Å². The Balaban J connectivity index is 1.21. The SMILES string of the molecule is CC(C)CCC[C@@H](C)[C@H]1CC[C@H]2[C@@H]3CC[C@H]4C[C@H](O[C@@H]5O[C@@H](CO)[C@H](O)[C@H]5O)CC[C@]4(C)[C@H]3CC[C@]12C. The van der Waals surface area contributed by atoms with E-state index in [2.05, 4.69) is 34.6 Å². The van der Waals surface area contributed by atoms with Gasteiger partial charge in [-0.2, -0.15) is 0 Å². The lowest BCUT2D eigenvalue weighted by molar-refractivity contribution is -0.216. The molecular formula is C32H56O5. The molecule has 1 aliphatic heterocycles. The second kappa shape index (κ2) is 11.0. The Labute approximate surface area is 226 Å². The van der Waals surface area contributed by atoms with Crippen LogP contribution in [0.1, 0.15) is 112 Å². The predicted octanol–water partition coefficient (Wildman–Crippen LogP) is 5.93. The van der Waals surface area contributed by atoms with Gasteiger partial charge in [0.2, 0.25) is 0 Å². The number of hydrogen-bond acceptors (Lipinski definition) is 5. The number of fused-ring (bicyclic) bond motifs is 5. The van der Waals surface area contributed by atoms with Crippen LogP contribution in [0.4, 0.5) is 0 Å². The fourth-order valence-electron chi connectivity index (χ4n) is 10.5. The van der Waals surface area contributed by atoms with Gasteiger partial charge in [0.25, 0.3) is 0 Å². The molecule has 13 atom stereocenters. The lowest BCUT2D eigenvalue weighted by Crippen LogP contribution is -2.54. The maximum Gasteiger partial charge on any atom is 0.186 e. The van der Waals surface area contributed by atoms with Crippen molar-refractivity contribution in [2.24, 2.45) is 52.3 Å². The third kappa shape index (κ3) is 5.07. The van der Waals surface area contributed by atoms with E-state index in [1.54, 1.807) is 0 Å². The highest BCUT2D eigenvalue weighted by atomic mass is 16.7. The van der Waals surface area contributed by atoms with Crippen molar-refractivity contribution >= 4 is 0 Å². The first-order chi connectivity index (χ1) is 17.6. The predicted molar refractivity (Wildman–Crippen MR) is 146 cm³/mol. The second-order valence-electron chi connectivity index (χ2n) is 14.9. The minimum absolute atomic E-state index is 0.0651. The molecule has 5 heteroatoms. The quantitative estimate of drug-likeness (QED) is 0.370. The van der Waals surface area contributed by atoms with Gasteiger partial charge >= 0.3 is 0 Å². The standard InChI is InChI=1S/C32H56O5/c1-19(2)7-6-8-20(3)24-11-12-25-23-10-9-21-17-22(36-30-29(35)28(34)27(18-33)37-30)13-15-31(21,4)26(23)14-16-32(24,25)5/h19-30,33-35H,6-18H2,1-5H3/t20-,21+,22-,23+,24-,25+,26+,27+,28+,29-,30-,31+,32-/m1/s1. The van der Waals surface area contributed by atoms with E-state index in [9.17, 15) is 15.3 Å². The van der Waals surface area contributed by atoms with Crippen molar-refractivity contribution in [3.8, 4) is 0 Å². The summed E-state index contributed by atoms with van der Waals surface area (Å²) in [6.45, 7) is 12.3. The van der Waals surface area contributed by atoms with Crippen molar-refractivity contribution in [3.63, 3.8) is 0 Å². The van der Waals surface area contributed by atoms with Crippen molar-refractivity contribution in [1.82, 2.24) is 0 Å². The summed E-state index contributed by atoms with van der Waals surface area (Å²) in [6, 6.07) is 0. The maximum atomic E-state index is 10.4. The first-order valence-corrected chi connectivity index (χ1v) is 15.9. The highest BCUT2D eigenvalue weighted by Gasteiger charge is 2.60. The van der Waals surface area contributed by atoms with Crippen LogP contribution in [0.2, 0.25) is 0 Å². The summed E-state index contributed by atoms with van der Waals surface area (Å²) >= 11 is 0. The van der Waals surface area contributed by atoms with Crippen LogP contribution in [-0.2, 0) is 9.47 Å². The summed E-state index contributed by atoms with van der Waals surface area (Å²) < 4.78 is 11.9. The van der Waals surface area contributed by atoms with E-state index >= 15 is 0 Å². The molecule has 5 fully saturated rings. The fourth-order valence-corrected chi connectivity index (χ4v) is 10.5. The van der Waals surface area contributed by atoms with Gasteiger partial charge in [-0.25, -0.2) is 0 Å². The summed E-state index contributed by atoms with van der Waals surface area (Å²) in [4.78, 5) is 0. The zero-order valence-electron chi connectivity index (χ0n) is 24.3. The van der Waals surface area contributed by atoms with Crippen LogP contribution >= 0.6 is 0 Å². The van der Waals surface area contributed by atoms with Crippen LogP contribution in [0.3, 0.4) is 0 Å². The van der Waals surface area contributed by atoms with Crippen LogP contribution in [0.5, 0.6) is 0 Å². The molecule has 5 nitrogen and oxygen atoms in total. The molecule has 4 aliphatic carbocycles. The molecule has 1 heterocycles. The van der Waals surface area contributed by atoms with Crippen LogP contribution in [0, 0.1) is 52.3 Å². The molecule has 1 saturated heterocycles. The highest BCUT2D eigenvalue weighted by Crippen LogP contribution is 2.68. The van der Waals surface area contributed by atoms with Gasteiger partial charge < -0.3 is 24.8 Å². The van der Waals surface area contributed by atoms with E-state index in [0.29, 0.717) is 16.7 Å². The van der Waals surface area contributed by atoms with E-state index in [4.69, 9.17) is 9.47 Å². The average molecular weight is 521 g/mol. The molecule has 5 aliphatic rings. The van der Waals surface area contributed by atoms with Gasteiger partial charge in [0.15, 0.2) is 6.29 Å². The van der Waals surface area contributed by atoms with Crippen LogP contribution in [0.15, 0.2) is 0 Å². The molecule has 5 rings (SSSR count). The Bertz CT molecular complexity index is 772. The van der Waals surface area contributed by atoms with Gasteiger partial charge in [0, 0.05) is 0 Å². The molecule has 37 heavy (non-hydrogen) atoms. The number of aliphatic hydroxyl groups is 3. The molecular weight excluding hydrogens is 464 g/mol. The molecule has 0 amide bonds. The van der Waals surface area contributed by atoms with Crippen molar-refractivity contribution < 1.29 is 24.8 Å². The Morgan fingerprint density at radius 3 is 2.30 bits per heavy atom. The third-order valence-electron chi connectivity index (χ3n) is 12.6. The lowest BCUT2D eigenvalue weighted by atomic mass is 9.44. The van der Waals surface area contributed by atoms with E-state index in [0.717, 1.165) is 48.3 Å². The number of hydrogen-bond donors (Lipinski definition) is 3. The molecule has 3 N–H and O–H groups in total. The van der Waals surface area contributed by atoms with Crippen molar-refractivity contribution in [3.05, 3.63) is 0 Å². The van der Waals surface area contributed by atoms with Crippen molar-refractivity contribution in [2.75, 3.05) is 6.61 Å². The molecule has 0 unspecified atom stereocenters. The van der Waals surface area contributed by atoms with Crippen molar-refractivity contribution in [2.45, 2.75) is 142 Å². The molecule has 0 aromatic rings. The fraction of sp³-hybridized carbons (Fsp3) is 1.00. The van der Waals surface area contributed by atoms with Gasteiger partial charge in [-0.3, -0.25) is 0 Å². The van der Waals surface area contributed by atoms with Gasteiger partial charge in [0.05, 0.1) is 12.7 Å². The van der Waals surface area contributed by atoms with Gasteiger partial charge in [-0.15, -0.1) is 0 Å². The summed E-state index contributed by atoms with van der Waals surface area (Å²) in [6.07, 6.45) is 12.1. The minimum atomic E-state index is -1.08. The number of aliphatic hydroxyl groups excluding tert-OH is 3. The molecule has 0 spiro atoms. The zero-order valence-corrected chi connectivity index (χ0v) is 24.3. The van der Waals surface area contributed by atoms with Gasteiger partial charge in [0.1, 0.15) is 18.3 Å². The normalized spacial score (nSPS) is 50.5. The van der Waals surface area contributed by atoms with E-state index in [1.807, 2.05) is 0 Å². The van der Waals surface area contributed by atoms with E-state index < -0.39 is 24.6 Å². The smallest absolute Gasteiger partial charge is 0.186 e. The monoisotopic (exact) mass is 520 g/mol. The van der Waals surface area contributed by atoms with Crippen LogP contribution in [-0.4, -0.2) is 52.6 Å². The Kier molecular flexibility index (Phi) is 8.42. The van der Waals surface area contributed by atoms with Crippen LogP contribution in [0.25, 0.3) is 0 Å². The number of ether oxygens (including phenoxy) is 2. The topological polar surface area (TPSA) is 79.2 Å². The second-order valence-corrected chi connectivity index (χ2v) is 14.9. The lowest BCUT2D eigenvalue weighted by Gasteiger charge is -2.61. The van der Waals surface area contributed by atoms with Gasteiger partial charge in [-0.05, 0) is 110 Å². The summed E-state index contributed by atoms with van der Waals surface area (Å²) in [5, 5.41) is 29.9. The summed E-state index contributed by atoms with van der Waals surface area (Å²) in [5.41, 5.74) is 0.940. The number of rotatable bonds is 8. The summed E-state index contributed by atoms with van der Waals surface area (Å²) in [7, 11) is 0. The minimum Gasteiger partial charge on any atom is -0.394 e. The van der Waals surface area contributed by atoms with Crippen molar-refractivity contribution in [1.29, 1.82) is 0 Å². The molecule has 4 saturated carbocycles. The third-order valence-corrected chi connectivity index (χ3v) is 12.6. The average Bonchev–Trinajstić information content (AvgIpc) is 3.35. The van der Waals surface area contributed by atoms with E-state index in [-0.39, 0.29) is 12.7 Å². The maximum absolute atomic E-state index is 10.4. The Hall–Kier alpha value is -0.200. The van der Waals surface area contributed by atoms with Crippen LogP contribution < -0.4 is 0 Å². The first-order valence-electron chi connectivity index (χ1n) is 15.9. The van der Waals surface area contributed by atoms with E-state index in [1.165, 1.54) is 64.2 Å². The molecule has 0 aromatic heterocycles. The molecule has 0 bridgehead atoms. The zero-order chi connectivity index (χ0) is 26.5. The summed E-state index contributed by atoms with van der Waals surface area (Å²) in [5.74, 6) is 5.92. The molecule has 0 radical (unpaired) electrons. The Morgan fingerprint density at radius 2 is 1.59 bits per heavy atom. The highest BCUT2D eigenvalue weighted by molar-refractivity contribution is 5.10. The molecule has 214 valence electrons.